The van der Waals surface area contributed by atoms with Crippen LogP contribution in [0.15, 0.2) is 11.1 Å². The molecule has 0 saturated carbocycles. The summed E-state index contributed by atoms with van der Waals surface area (Å²) < 4.78 is 0. The zero-order chi connectivity index (χ0) is 7.11. The van der Waals surface area contributed by atoms with Crippen LogP contribution >= 0.6 is 23.4 Å². The van der Waals surface area contributed by atoms with Crippen LogP contribution in [-0.4, -0.2) is 18.1 Å². The first-order valence-corrected chi connectivity index (χ1v) is 4.44. The van der Waals surface area contributed by atoms with Crippen LogP contribution in [0, 0.1) is 0 Å². The van der Waals surface area contributed by atoms with Crippen LogP contribution in [-0.2, 0) is 0 Å². The maximum absolute atomic E-state index is 5.42. The lowest BCUT2D eigenvalue weighted by Crippen LogP contribution is -2.01. The van der Waals surface area contributed by atoms with Gasteiger partial charge in [-0.3, -0.25) is 0 Å². The van der Waals surface area contributed by atoms with Gasteiger partial charge in [-0.25, -0.2) is 0 Å². The minimum atomic E-state index is 0.750. The molecule has 0 rings (SSSR count). The van der Waals surface area contributed by atoms with Crippen LogP contribution < -0.4 is 5.73 Å². The van der Waals surface area contributed by atoms with Crippen LogP contribution in [0.5, 0.6) is 0 Å². The molecule has 0 aliphatic heterocycles. The smallest absolute Gasteiger partial charge is 0.0152 e. The van der Waals surface area contributed by atoms with Gasteiger partial charge in [0.2, 0.25) is 0 Å². The molecule has 0 bridgehead atoms. The van der Waals surface area contributed by atoms with Crippen LogP contribution in [0.25, 0.3) is 0 Å². The predicted octanol–water partition coefficient (Wildman–Crippen LogP) is 1.82. The maximum Gasteiger partial charge on any atom is 0.0152 e. The summed E-state index contributed by atoms with van der Waals surface area (Å²) in [5.74, 6) is 2.02. The van der Waals surface area contributed by atoms with Crippen molar-refractivity contribution in [3.8, 4) is 0 Å². The number of nitrogens with two attached hydrogens (primary N) is 1. The number of rotatable bonds is 4. The molecule has 0 radical (unpaired) electrons. The third-order valence-electron chi connectivity index (χ3n) is 0.778. The maximum atomic E-state index is 5.42. The van der Waals surface area contributed by atoms with E-state index in [1.165, 1.54) is 5.57 Å². The third kappa shape index (κ3) is 6.22. The van der Waals surface area contributed by atoms with Crippen LogP contribution in [0.1, 0.15) is 6.92 Å². The van der Waals surface area contributed by atoms with Crippen LogP contribution in [0.2, 0.25) is 0 Å². The first kappa shape index (κ1) is 9.34. The largest absolute Gasteiger partial charge is 0.330 e. The highest BCUT2D eigenvalue weighted by molar-refractivity contribution is 7.99. The molecule has 0 aliphatic carbocycles. The fraction of sp³-hybridized carbons (Fsp3) is 0.667. The van der Waals surface area contributed by atoms with Crippen LogP contribution in [0.3, 0.4) is 0 Å². The zero-order valence-electron chi connectivity index (χ0n) is 5.56. The van der Waals surface area contributed by atoms with Crippen molar-refractivity contribution in [3.63, 3.8) is 0 Å². The number of hydrogen-bond donors (Lipinski definition) is 1. The Kier molecular flexibility index (Phi) is 6.70. The summed E-state index contributed by atoms with van der Waals surface area (Å²) in [7, 11) is 0. The van der Waals surface area contributed by atoms with Crippen molar-refractivity contribution in [3.05, 3.63) is 11.1 Å². The van der Waals surface area contributed by atoms with Crippen molar-refractivity contribution in [1.29, 1.82) is 0 Å². The predicted molar refractivity (Wildman–Crippen MR) is 46.0 cm³/mol. The average molecular weight is 166 g/mol. The van der Waals surface area contributed by atoms with Gasteiger partial charge in [-0.1, -0.05) is 17.2 Å². The summed E-state index contributed by atoms with van der Waals surface area (Å²) in [6.45, 7) is 2.76. The molecule has 0 fully saturated rings. The molecule has 0 aliphatic rings. The van der Waals surface area contributed by atoms with Gasteiger partial charge in [0.05, 0.1) is 0 Å². The van der Waals surface area contributed by atoms with Gasteiger partial charge in [0.25, 0.3) is 0 Å². The SMILES string of the molecule is CC(=CCl)CSCCN. The Morgan fingerprint density at radius 3 is 2.89 bits per heavy atom. The quantitative estimate of drug-likeness (QED) is 0.644. The van der Waals surface area contributed by atoms with Crippen LogP contribution in [0.4, 0.5) is 0 Å². The summed E-state index contributed by atoms with van der Waals surface area (Å²) >= 11 is 7.23. The van der Waals surface area contributed by atoms with Gasteiger partial charge in [-0.15, -0.1) is 0 Å². The highest BCUT2D eigenvalue weighted by Crippen LogP contribution is 2.06. The van der Waals surface area contributed by atoms with Gasteiger partial charge in [-0.2, -0.15) is 11.8 Å². The molecule has 1 nitrogen and oxygen atoms in total. The molecule has 0 saturated heterocycles. The molecule has 0 heterocycles. The molecule has 0 aromatic rings. The molecule has 54 valence electrons. The molecule has 0 atom stereocenters. The van der Waals surface area contributed by atoms with E-state index in [9.17, 15) is 0 Å². The van der Waals surface area contributed by atoms with E-state index in [1.54, 1.807) is 5.54 Å². The molecule has 0 aromatic heterocycles. The topological polar surface area (TPSA) is 26.0 Å². The molecule has 9 heavy (non-hydrogen) atoms. The fourth-order valence-corrected chi connectivity index (χ4v) is 1.23. The van der Waals surface area contributed by atoms with E-state index in [2.05, 4.69) is 0 Å². The fourth-order valence-electron chi connectivity index (χ4n) is 0.348. The Balaban J connectivity index is 3.07. The summed E-state index contributed by atoms with van der Waals surface area (Å²) in [6, 6.07) is 0. The van der Waals surface area contributed by atoms with E-state index in [0.717, 1.165) is 18.1 Å². The van der Waals surface area contributed by atoms with Crippen molar-refractivity contribution in [2.75, 3.05) is 18.1 Å². The summed E-state index contributed by atoms with van der Waals surface area (Å²) in [4.78, 5) is 0. The number of hydrogen-bond acceptors (Lipinski definition) is 2. The van der Waals surface area contributed by atoms with E-state index in [1.807, 2.05) is 18.7 Å². The first-order valence-electron chi connectivity index (χ1n) is 2.85. The second-order valence-electron chi connectivity index (χ2n) is 1.80. The second-order valence-corrected chi connectivity index (χ2v) is 3.12. The second kappa shape index (κ2) is 6.46. The highest BCUT2D eigenvalue weighted by Gasteiger charge is 1.87. The molecule has 3 heteroatoms. The zero-order valence-corrected chi connectivity index (χ0v) is 7.13. The molecular weight excluding hydrogens is 154 g/mol. The monoisotopic (exact) mass is 165 g/mol. The van der Waals surface area contributed by atoms with Gasteiger partial charge in [0.1, 0.15) is 0 Å². The van der Waals surface area contributed by atoms with Gasteiger partial charge < -0.3 is 5.73 Å². The molecule has 0 unspecified atom stereocenters. The van der Waals surface area contributed by atoms with Crippen molar-refractivity contribution >= 4 is 23.4 Å². The molecule has 2 N–H and O–H groups in total. The van der Waals surface area contributed by atoms with E-state index in [4.69, 9.17) is 17.3 Å². The average Bonchev–Trinajstić information content (AvgIpc) is 1.89. The van der Waals surface area contributed by atoms with E-state index in [-0.39, 0.29) is 0 Å². The van der Waals surface area contributed by atoms with E-state index < -0.39 is 0 Å². The normalized spacial score (nSPS) is 12.1. The Morgan fingerprint density at radius 2 is 2.44 bits per heavy atom. The Morgan fingerprint density at radius 1 is 1.78 bits per heavy atom. The molecule has 0 spiro atoms. The van der Waals surface area contributed by atoms with Crippen molar-refractivity contribution < 1.29 is 0 Å². The third-order valence-corrected chi connectivity index (χ3v) is 2.33. The van der Waals surface area contributed by atoms with E-state index >= 15 is 0 Å². The Bertz CT molecular complexity index is 93.1. The molecule has 0 amide bonds. The lowest BCUT2D eigenvalue weighted by atomic mass is 10.4. The van der Waals surface area contributed by atoms with Gasteiger partial charge in [0, 0.05) is 23.6 Å². The summed E-state index contributed by atoms with van der Waals surface area (Å²) in [6.07, 6.45) is 0. The van der Waals surface area contributed by atoms with Crippen molar-refractivity contribution in [1.82, 2.24) is 0 Å². The van der Waals surface area contributed by atoms with Gasteiger partial charge in [0.15, 0.2) is 0 Å². The lowest BCUT2D eigenvalue weighted by molar-refractivity contribution is 1.15. The summed E-state index contributed by atoms with van der Waals surface area (Å²) in [5, 5.41) is 0. The van der Waals surface area contributed by atoms with Gasteiger partial charge in [-0.05, 0) is 6.92 Å². The first-order chi connectivity index (χ1) is 4.31. The van der Waals surface area contributed by atoms with Gasteiger partial charge >= 0.3 is 0 Å². The lowest BCUT2D eigenvalue weighted by Gasteiger charge is -1.96. The Hall–Kier alpha value is 0.340. The van der Waals surface area contributed by atoms with Crippen molar-refractivity contribution in [2.45, 2.75) is 6.92 Å². The molecular formula is C6H12ClNS. The number of halogens is 1. The minimum absolute atomic E-state index is 0.750. The van der Waals surface area contributed by atoms with Crippen molar-refractivity contribution in [2.24, 2.45) is 5.73 Å². The minimum Gasteiger partial charge on any atom is -0.330 e. The number of thioether (sulfide) groups is 1. The summed E-state index contributed by atoms with van der Waals surface area (Å²) in [5.41, 5.74) is 8.10. The standard InChI is InChI=1S/C6H12ClNS/c1-6(4-7)5-9-3-2-8/h4H,2-3,5,8H2,1H3. The van der Waals surface area contributed by atoms with E-state index in [0.29, 0.717) is 0 Å². The Labute approximate surface area is 65.6 Å². The molecule has 0 aromatic carbocycles. The highest BCUT2D eigenvalue weighted by atomic mass is 35.5.